The van der Waals surface area contributed by atoms with Gasteiger partial charge in [0.25, 0.3) is 0 Å². The number of benzene rings is 1. The van der Waals surface area contributed by atoms with Gasteiger partial charge in [0, 0.05) is 11.5 Å². The highest BCUT2D eigenvalue weighted by molar-refractivity contribution is 8.00. The second-order valence-electron chi connectivity index (χ2n) is 7.52. The Bertz CT molecular complexity index is 1080. The molecule has 0 aliphatic heterocycles. The van der Waals surface area contributed by atoms with Crippen LogP contribution in [0.2, 0.25) is 0 Å². The van der Waals surface area contributed by atoms with Gasteiger partial charge in [0.2, 0.25) is 10.0 Å². The third-order valence-electron chi connectivity index (χ3n) is 4.98. The number of aryl methyl sites for hydroxylation is 1. The van der Waals surface area contributed by atoms with Gasteiger partial charge in [-0.05, 0) is 38.2 Å². The van der Waals surface area contributed by atoms with Crippen molar-refractivity contribution < 1.29 is 18.0 Å². The minimum Gasteiger partial charge on any atom is -0.307 e. The van der Waals surface area contributed by atoms with Crippen molar-refractivity contribution in [3.63, 3.8) is 0 Å². The summed E-state index contributed by atoms with van der Waals surface area (Å²) in [6, 6.07) is 4.91. The van der Waals surface area contributed by atoms with Crippen LogP contribution in [0, 0.1) is 12.8 Å². The van der Waals surface area contributed by atoms with E-state index in [0.717, 1.165) is 41.7 Å². The molecule has 1 aliphatic carbocycles. The summed E-state index contributed by atoms with van der Waals surface area (Å²) in [4.78, 5) is 29.9. The number of rotatable bonds is 8. The number of thiazole rings is 1. The molecule has 31 heavy (non-hydrogen) atoms. The zero-order chi connectivity index (χ0) is 22.6. The lowest BCUT2D eigenvalue weighted by Crippen LogP contribution is -2.23. The highest BCUT2D eigenvalue weighted by Crippen LogP contribution is 2.32. The second-order valence-corrected chi connectivity index (χ2v) is 11.4. The molecular weight excluding hydrogens is 456 g/mol. The molecule has 11 heteroatoms. The fourth-order valence-corrected chi connectivity index (χ4v) is 5.52. The van der Waals surface area contributed by atoms with Crippen LogP contribution in [-0.2, 0) is 16.6 Å². The summed E-state index contributed by atoms with van der Waals surface area (Å²) in [6.07, 6.45) is 6.83. The number of nitrogens with one attached hydrogen (secondary N) is 3. The quantitative estimate of drug-likeness (QED) is 0.383. The zero-order valence-electron chi connectivity index (χ0n) is 17.6. The van der Waals surface area contributed by atoms with Gasteiger partial charge in [-0.2, -0.15) is 0 Å². The Morgan fingerprint density at radius 2 is 1.94 bits per heavy atom. The molecule has 1 aromatic carbocycles. The first-order valence-corrected chi connectivity index (χ1v) is 13.8. The Kier molecular flexibility index (Phi) is 7.73. The Balaban J connectivity index is 1.72. The Hall–Kier alpha value is -1.95. The van der Waals surface area contributed by atoms with Gasteiger partial charge in [-0.15, -0.1) is 11.8 Å². The topological polar surface area (TPSA) is 117 Å². The van der Waals surface area contributed by atoms with Gasteiger partial charge in [0.1, 0.15) is 0 Å². The van der Waals surface area contributed by atoms with Gasteiger partial charge in [-0.25, -0.2) is 22.9 Å². The summed E-state index contributed by atoms with van der Waals surface area (Å²) < 4.78 is 25.9. The van der Waals surface area contributed by atoms with E-state index in [4.69, 9.17) is 0 Å². The molecule has 1 fully saturated rings. The molecule has 0 radical (unpaired) electrons. The van der Waals surface area contributed by atoms with Gasteiger partial charge >= 0.3 is 6.03 Å². The largest absolute Gasteiger partial charge is 0.325 e. The van der Waals surface area contributed by atoms with Crippen molar-refractivity contribution in [1.29, 1.82) is 0 Å². The molecule has 1 heterocycles. The molecule has 0 unspecified atom stereocenters. The monoisotopic (exact) mass is 482 g/mol. The van der Waals surface area contributed by atoms with Crippen LogP contribution in [0.1, 0.15) is 47.3 Å². The number of carbonyl (C=O) groups excluding carboxylic acids is 2. The molecule has 2 aromatic rings. The van der Waals surface area contributed by atoms with E-state index in [-0.39, 0.29) is 18.2 Å². The van der Waals surface area contributed by atoms with Crippen LogP contribution in [0.25, 0.3) is 0 Å². The predicted octanol–water partition coefficient (Wildman–Crippen LogP) is 4.24. The summed E-state index contributed by atoms with van der Waals surface area (Å²) in [5.74, 6) is 0.0861. The Morgan fingerprint density at radius 3 is 2.58 bits per heavy atom. The summed E-state index contributed by atoms with van der Waals surface area (Å²) in [5, 5.41) is 5.81. The number of hydrogen-bond acceptors (Lipinski definition) is 7. The molecule has 1 saturated carbocycles. The fourth-order valence-electron chi connectivity index (χ4n) is 3.49. The molecule has 0 bridgehead atoms. The van der Waals surface area contributed by atoms with E-state index >= 15 is 0 Å². The third kappa shape index (κ3) is 6.52. The van der Waals surface area contributed by atoms with Crippen LogP contribution in [-0.4, -0.2) is 37.7 Å². The lowest BCUT2D eigenvalue weighted by Gasteiger charge is -2.14. The molecule has 3 N–H and O–H groups in total. The number of carbonyl (C=O) groups is 2. The van der Waals surface area contributed by atoms with E-state index in [1.165, 1.54) is 23.1 Å². The number of sulfonamides is 1. The first-order chi connectivity index (χ1) is 14.7. The maximum Gasteiger partial charge on any atom is 0.325 e. The van der Waals surface area contributed by atoms with E-state index in [1.54, 1.807) is 6.07 Å². The normalized spacial score (nSPS) is 14.5. The fraction of sp³-hybridized carbons (Fsp3) is 0.450. The van der Waals surface area contributed by atoms with Crippen molar-refractivity contribution in [2.75, 3.05) is 23.1 Å². The minimum atomic E-state index is -3.35. The van der Waals surface area contributed by atoms with Gasteiger partial charge in [-0.3, -0.25) is 10.1 Å². The summed E-state index contributed by atoms with van der Waals surface area (Å²) in [6.45, 7) is 1.97. The van der Waals surface area contributed by atoms with Gasteiger partial charge in [0.15, 0.2) is 10.9 Å². The summed E-state index contributed by atoms with van der Waals surface area (Å²) >= 11 is 2.69. The number of nitrogens with zero attached hydrogens (tertiary/aromatic N) is 1. The number of amides is 2. The number of anilines is 2. The smallest absolute Gasteiger partial charge is 0.307 e. The van der Waals surface area contributed by atoms with Crippen molar-refractivity contribution in [2.45, 2.75) is 43.4 Å². The molecule has 8 nitrogen and oxygen atoms in total. The first kappa shape index (κ1) is 23.7. The summed E-state index contributed by atoms with van der Waals surface area (Å²) in [7, 11) is -3.35. The minimum absolute atomic E-state index is 0.0124. The van der Waals surface area contributed by atoms with E-state index < -0.39 is 16.1 Å². The van der Waals surface area contributed by atoms with E-state index in [0.29, 0.717) is 22.1 Å². The maximum absolute atomic E-state index is 13.0. The number of Topliss-reactive ketones (excluding diaryl/α,β-unsaturated/α-hetero) is 1. The van der Waals surface area contributed by atoms with Crippen molar-refractivity contribution in [3.8, 4) is 0 Å². The highest BCUT2D eigenvalue weighted by Gasteiger charge is 2.26. The van der Waals surface area contributed by atoms with E-state index in [9.17, 15) is 18.0 Å². The molecule has 1 aromatic heterocycles. The van der Waals surface area contributed by atoms with Crippen molar-refractivity contribution in [1.82, 2.24) is 9.71 Å². The lowest BCUT2D eigenvalue weighted by molar-refractivity contribution is 0.0923. The van der Waals surface area contributed by atoms with Crippen molar-refractivity contribution in [2.24, 2.45) is 5.92 Å². The molecule has 0 spiro atoms. The highest BCUT2D eigenvalue weighted by atomic mass is 32.2. The average molecular weight is 483 g/mol. The van der Waals surface area contributed by atoms with Crippen molar-refractivity contribution in [3.05, 3.63) is 35.0 Å². The average Bonchev–Trinajstić information content (AvgIpc) is 3.36. The molecule has 2 amide bonds. The van der Waals surface area contributed by atoms with Crippen molar-refractivity contribution >= 4 is 55.8 Å². The van der Waals surface area contributed by atoms with E-state index in [1.807, 2.05) is 25.3 Å². The summed E-state index contributed by atoms with van der Waals surface area (Å²) in [5.41, 5.74) is 2.51. The van der Waals surface area contributed by atoms with Crippen LogP contribution >= 0.6 is 23.1 Å². The second kappa shape index (κ2) is 10.1. The first-order valence-electron chi connectivity index (χ1n) is 9.87. The van der Waals surface area contributed by atoms with Crippen LogP contribution in [0.5, 0.6) is 0 Å². The van der Waals surface area contributed by atoms with Gasteiger partial charge < -0.3 is 5.32 Å². The molecule has 168 valence electrons. The zero-order valence-corrected chi connectivity index (χ0v) is 20.1. The Labute approximate surface area is 190 Å². The van der Waals surface area contributed by atoms with Crippen LogP contribution in [0.4, 0.5) is 15.6 Å². The number of thioether (sulfide) groups is 1. The van der Waals surface area contributed by atoms with E-state index in [2.05, 4.69) is 20.3 Å². The molecular formula is C20H26N4O4S3. The van der Waals surface area contributed by atoms with Crippen LogP contribution < -0.4 is 15.4 Å². The maximum atomic E-state index is 13.0. The molecule has 1 aliphatic rings. The molecule has 0 atom stereocenters. The van der Waals surface area contributed by atoms with Crippen LogP contribution in [0.3, 0.4) is 0 Å². The van der Waals surface area contributed by atoms with Gasteiger partial charge in [-0.1, -0.05) is 35.8 Å². The molecule has 3 rings (SSSR count). The number of urea groups is 1. The molecule has 0 saturated heterocycles. The predicted molar refractivity (Wildman–Crippen MR) is 126 cm³/mol. The van der Waals surface area contributed by atoms with Crippen LogP contribution in [0.15, 0.2) is 22.4 Å². The SMILES string of the molecule is CSc1sc(NC(=O)Nc2ccc(C)cc2C(=O)C2CCCC2)nc1CNS(C)(=O)=O. The Morgan fingerprint density at radius 1 is 1.23 bits per heavy atom. The third-order valence-corrected chi connectivity index (χ3v) is 7.82. The lowest BCUT2D eigenvalue weighted by atomic mass is 9.94. The van der Waals surface area contributed by atoms with Gasteiger partial charge in [0.05, 0.1) is 28.4 Å². The number of aromatic nitrogens is 1. The standard InChI is InChI=1S/C20H26N4O4S3/c1-12-8-9-15(14(10-12)17(25)13-6-4-5-7-13)22-19(26)24-20-23-16(18(29-2)30-20)11-21-31(3,27)28/h8-10,13,21H,4-7,11H2,1-3H3,(H2,22,23,24,26). The number of hydrogen-bond donors (Lipinski definition) is 3. The number of ketones is 1.